The molecule has 0 N–H and O–H groups in total. The van der Waals surface area contributed by atoms with Crippen LogP contribution in [-0.4, -0.2) is 33.0 Å². The van der Waals surface area contributed by atoms with Crippen molar-refractivity contribution >= 4 is 10.1 Å². The Morgan fingerprint density at radius 2 is 1.88 bits per heavy atom. The van der Waals surface area contributed by atoms with E-state index in [2.05, 4.69) is 6.58 Å². The summed E-state index contributed by atoms with van der Waals surface area (Å²) in [5.74, 6) is 0.596. The highest BCUT2D eigenvalue weighted by Crippen LogP contribution is 2.66. The Hall–Kier alpha value is -1.21. The fraction of sp³-hybridized carbons (Fsp3) is 0.556. The summed E-state index contributed by atoms with van der Waals surface area (Å²) in [5, 5.41) is 0. The maximum absolute atomic E-state index is 11.7. The van der Waals surface area contributed by atoms with Crippen molar-refractivity contribution in [2.45, 2.75) is 31.0 Å². The SMILES string of the molecule is C=C1C2[C@@H]3C[C@H]1[C@@H]([C@@H]1O[C@H](c4ccccc4)O[C@@H]13)[C@H]2OS(C)(=O)=O. The van der Waals surface area contributed by atoms with Crippen LogP contribution >= 0.6 is 0 Å². The molecule has 6 rings (SSSR count). The fourth-order valence-electron chi connectivity index (χ4n) is 5.41. The van der Waals surface area contributed by atoms with Gasteiger partial charge in [-0.1, -0.05) is 42.5 Å². The molecule has 1 aliphatic heterocycles. The highest BCUT2D eigenvalue weighted by Gasteiger charge is 2.69. The normalized spacial score (nSPS) is 45.8. The minimum absolute atomic E-state index is 0.000108. The lowest BCUT2D eigenvalue weighted by Gasteiger charge is -2.46. The van der Waals surface area contributed by atoms with E-state index in [0.717, 1.165) is 23.8 Å². The van der Waals surface area contributed by atoms with E-state index in [1.54, 1.807) is 0 Å². The van der Waals surface area contributed by atoms with Crippen LogP contribution in [0.15, 0.2) is 42.5 Å². The molecule has 0 amide bonds. The van der Waals surface area contributed by atoms with E-state index < -0.39 is 10.1 Å². The first-order chi connectivity index (χ1) is 11.4. The maximum atomic E-state index is 11.7. The summed E-state index contributed by atoms with van der Waals surface area (Å²) in [7, 11) is -3.51. The molecule has 5 nitrogen and oxygen atoms in total. The Kier molecular flexibility index (Phi) is 3.09. The molecule has 0 aromatic heterocycles. The zero-order chi connectivity index (χ0) is 16.6. The molecule has 0 radical (unpaired) electrons. The van der Waals surface area contributed by atoms with Gasteiger partial charge in [-0.25, -0.2) is 0 Å². The molecule has 0 spiro atoms. The molecule has 1 heterocycles. The van der Waals surface area contributed by atoms with Gasteiger partial charge in [-0.15, -0.1) is 0 Å². The van der Waals surface area contributed by atoms with Gasteiger partial charge in [0.05, 0.1) is 24.6 Å². The fourth-order valence-corrected chi connectivity index (χ4v) is 6.07. The number of rotatable bonds is 3. The van der Waals surface area contributed by atoms with Crippen LogP contribution in [0.1, 0.15) is 18.3 Å². The molecule has 5 aliphatic rings. The lowest BCUT2D eigenvalue weighted by molar-refractivity contribution is -0.0981. The quantitative estimate of drug-likeness (QED) is 0.619. The molecule has 1 aromatic rings. The van der Waals surface area contributed by atoms with Crippen LogP contribution in [0.4, 0.5) is 0 Å². The summed E-state index contributed by atoms with van der Waals surface area (Å²) in [4.78, 5) is 0. The second-order valence-corrected chi connectivity index (χ2v) is 8.99. The Labute approximate surface area is 141 Å². The molecule has 1 unspecified atom stereocenters. The Balaban J connectivity index is 1.47. The van der Waals surface area contributed by atoms with E-state index in [1.165, 1.54) is 0 Å². The van der Waals surface area contributed by atoms with E-state index in [1.807, 2.05) is 30.3 Å². The van der Waals surface area contributed by atoms with E-state index in [9.17, 15) is 8.42 Å². The second-order valence-electron chi connectivity index (χ2n) is 7.39. The standard InChI is InChI=1S/C18H20O5S/c1-9-11-8-12-13(9)16(23-24(2,19)20)14(11)17-15(12)21-18(22-17)10-6-4-3-5-7-10/h3-7,11-18H,1,8H2,2H3/t11-,12+,13?,14-,15-,16+,17+,18-/m1/s1. The van der Waals surface area contributed by atoms with Gasteiger partial charge in [-0.3, -0.25) is 4.18 Å². The number of hydrogen-bond acceptors (Lipinski definition) is 5. The van der Waals surface area contributed by atoms with Gasteiger partial charge in [0.1, 0.15) is 0 Å². The number of ether oxygens (including phenoxy) is 2. The Morgan fingerprint density at radius 1 is 1.17 bits per heavy atom. The van der Waals surface area contributed by atoms with Gasteiger partial charge in [-0.05, 0) is 18.3 Å². The van der Waals surface area contributed by atoms with Crippen molar-refractivity contribution in [1.82, 2.24) is 0 Å². The zero-order valence-corrected chi connectivity index (χ0v) is 14.2. The van der Waals surface area contributed by atoms with Crippen molar-refractivity contribution in [3.8, 4) is 0 Å². The van der Waals surface area contributed by atoms with Crippen molar-refractivity contribution in [2.24, 2.45) is 23.7 Å². The molecule has 1 saturated heterocycles. The minimum atomic E-state index is -3.51. The van der Waals surface area contributed by atoms with Crippen LogP contribution in [0, 0.1) is 23.7 Å². The van der Waals surface area contributed by atoms with Gasteiger partial charge in [-0.2, -0.15) is 8.42 Å². The van der Waals surface area contributed by atoms with Crippen molar-refractivity contribution in [2.75, 3.05) is 6.26 Å². The third kappa shape index (κ3) is 2.00. The van der Waals surface area contributed by atoms with Crippen molar-refractivity contribution in [3.63, 3.8) is 0 Å². The first-order valence-electron chi connectivity index (χ1n) is 8.37. The van der Waals surface area contributed by atoms with E-state index >= 15 is 0 Å². The summed E-state index contributed by atoms with van der Waals surface area (Å²) >= 11 is 0. The van der Waals surface area contributed by atoms with E-state index in [4.69, 9.17) is 13.7 Å². The van der Waals surface area contributed by atoms with Gasteiger partial charge in [0.2, 0.25) is 0 Å². The monoisotopic (exact) mass is 348 g/mol. The van der Waals surface area contributed by atoms with Crippen LogP contribution in [0.3, 0.4) is 0 Å². The predicted molar refractivity (Wildman–Crippen MR) is 86.4 cm³/mol. The van der Waals surface area contributed by atoms with Gasteiger partial charge in [0, 0.05) is 17.4 Å². The lowest BCUT2D eigenvalue weighted by Crippen LogP contribution is -2.55. The van der Waals surface area contributed by atoms with Crippen molar-refractivity contribution in [1.29, 1.82) is 0 Å². The van der Waals surface area contributed by atoms with Crippen LogP contribution in [0.5, 0.6) is 0 Å². The van der Waals surface area contributed by atoms with Crippen LogP contribution in [-0.2, 0) is 23.8 Å². The summed E-state index contributed by atoms with van der Waals surface area (Å²) in [6.07, 6.45) is 1.26. The first-order valence-corrected chi connectivity index (χ1v) is 10.2. The number of hydrogen-bond donors (Lipinski definition) is 0. The van der Waals surface area contributed by atoms with Crippen LogP contribution in [0.2, 0.25) is 0 Å². The molecule has 6 heteroatoms. The molecule has 4 saturated carbocycles. The lowest BCUT2D eigenvalue weighted by atomic mass is 9.66. The third-order valence-corrected chi connectivity index (χ3v) is 6.71. The average Bonchev–Trinajstić information content (AvgIpc) is 3.16. The average molecular weight is 348 g/mol. The summed E-state index contributed by atoms with van der Waals surface area (Å²) in [6.45, 7) is 4.22. The highest BCUT2D eigenvalue weighted by atomic mass is 32.2. The zero-order valence-electron chi connectivity index (χ0n) is 13.4. The van der Waals surface area contributed by atoms with Gasteiger partial charge in [0.25, 0.3) is 10.1 Å². The van der Waals surface area contributed by atoms with E-state index in [0.29, 0.717) is 0 Å². The second kappa shape index (κ2) is 4.91. The van der Waals surface area contributed by atoms with Gasteiger partial charge in [0.15, 0.2) is 6.29 Å². The summed E-state index contributed by atoms with van der Waals surface area (Å²) in [5.41, 5.74) is 2.12. The number of benzene rings is 1. The minimum Gasteiger partial charge on any atom is -0.342 e. The molecule has 4 aliphatic carbocycles. The first kappa shape index (κ1) is 15.1. The molecule has 8 atom stereocenters. The highest BCUT2D eigenvalue weighted by molar-refractivity contribution is 7.86. The van der Waals surface area contributed by atoms with Crippen LogP contribution in [0.25, 0.3) is 0 Å². The van der Waals surface area contributed by atoms with Gasteiger partial charge < -0.3 is 9.47 Å². The Bertz CT molecular complexity index is 789. The molecule has 4 bridgehead atoms. The van der Waals surface area contributed by atoms with Crippen LogP contribution < -0.4 is 0 Å². The molecular formula is C18H20O5S. The topological polar surface area (TPSA) is 61.8 Å². The third-order valence-electron chi connectivity index (χ3n) is 6.13. The van der Waals surface area contributed by atoms with E-state index in [-0.39, 0.29) is 48.3 Å². The molecule has 128 valence electrons. The summed E-state index contributed by atoms with van der Waals surface area (Å²) < 4.78 is 41.3. The molecular weight excluding hydrogens is 328 g/mol. The van der Waals surface area contributed by atoms with Gasteiger partial charge >= 0.3 is 0 Å². The maximum Gasteiger partial charge on any atom is 0.264 e. The largest absolute Gasteiger partial charge is 0.342 e. The predicted octanol–water partition coefficient (Wildman–Crippen LogP) is 2.27. The Morgan fingerprint density at radius 3 is 2.58 bits per heavy atom. The van der Waals surface area contributed by atoms with Crippen molar-refractivity contribution in [3.05, 3.63) is 48.0 Å². The summed E-state index contributed by atoms with van der Waals surface area (Å²) in [6, 6.07) is 9.88. The smallest absolute Gasteiger partial charge is 0.264 e. The van der Waals surface area contributed by atoms with Crippen molar-refractivity contribution < 1.29 is 22.1 Å². The molecule has 24 heavy (non-hydrogen) atoms. The molecule has 1 aromatic carbocycles. The molecule has 5 fully saturated rings.